The van der Waals surface area contributed by atoms with Gasteiger partial charge < -0.3 is 44.4 Å². The third-order valence-corrected chi connectivity index (χ3v) is 24.5. The van der Waals surface area contributed by atoms with Crippen LogP contribution >= 0.6 is 0 Å². The second kappa shape index (κ2) is 34.7. The number of aromatic nitrogens is 3. The largest absolute Gasteiger partial charge is 0.462 e. The van der Waals surface area contributed by atoms with Gasteiger partial charge in [-0.2, -0.15) is 0 Å². The molecule has 21 atom stereocenters. The highest BCUT2D eigenvalue weighted by atomic mass is 19.1. The van der Waals surface area contributed by atoms with Gasteiger partial charge >= 0.3 is 36.2 Å². The number of fused-ring (bicyclic) bond motifs is 6. The summed E-state index contributed by atoms with van der Waals surface area (Å²) in [6.45, 7) is 12.5. The molecular formula is C87H99F3N6O12. The first-order chi connectivity index (χ1) is 52.3. The van der Waals surface area contributed by atoms with Crippen molar-refractivity contribution in [2.45, 2.75) is 155 Å². The summed E-state index contributed by atoms with van der Waals surface area (Å²) < 4.78 is 73.0. The summed E-state index contributed by atoms with van der Waals surface area (Å²) in [6.07, 6.45) is 27.2. The number of hydrogen-bond donors (Lipinski definition) is 3. The number of carbonyl (C=O) groups is 6. The summed E-state index contributed by atoms with van der Waals surface area (Å²) in [6, 6.07) is 31.3. The Morgan fingerprint density at radius 1 is 0.407 bits per heavy atom. The summed E-state index contributed by atoms with van der Waals surface area (Å²) >= 11 is 0. The van der Waals surface area contributed by atoms with Crippen LogP contribution in [0.3, 0.4) is 0 Å². The van der Waals surface area contributed by atoms with Crippen LogP contribution in [-0.2, 0) is 42.8 Å². The molecule has 3 aromatic heterocycles. The first-order valence-corrected chi connectivity index (χ1v) is 38.9. The van der Waals surface area contributed by atoms with E-state index in [1.807, 2.05) is 93.6 Å². The molecule has 15 rings (SSSR count). The van der Waals surface area contributed by atoms with Gasteiger partial charge in [0.1, 0.15) is 35.8 Å². The van der Waals surface area contributed by atoms with E-state index in [4.69, 9.17) is 28.4 Å². The van der Waals surface area contributed by atoms with Crippen LogP contribution in [0.25, 0.3) is 51.6 Å². The van der Waals surface area contributed by atoms with Crippen molar-refractivity contribution in [2.75, 3.05) is 19.8 Å². The van der Waals surface area contributed by atoms with Gasteiger partial charge in [-0.1, -0.05) is 72.8 Å². The Morgan fingerprint density at radius 3 is 0.944 bits per heavy atom. The molecule has 9 fully saturated rings. The van der Waals surface area contributed by atoms with E-state index in [1.54, 1.807) is 57.6 Å². The minimum atomic E-state index is -0.368. The van der Waals surface area contributed by atoms with Crippen LogP contribution in [0.2, 0.25) is 0 Å². The number of benzene rings is 3. The molecule has 3 saturated heterocycles. The van der Waals surface area contributed by atoms with E-state index in [-0.39, 0.29) is 143 Å². The molecule has 6 aromatic rings. The molecule has 3 N–H and O–H groups in total. The molecule has 9 aliphatic rings. The van der Waals surface area contributed by atoms with Crippen molar-refractivity contribution < 1.29 is 70.4 Å². The van der Waals surface area contributed by atoms with Crippen molar-refractivity contribution in [1.82, 2.24) is 30.9 Å². The highest BCUT2D eigenvalue weighted by molar-refractivity contribution is 5.78. The monoisotopic (exact) mass is 1480 g/mol. The molecule has 6 saturated carbocycles. The Bertz CT molecular complexity index is 3830. The fraction of sp³-hybridized carbons (Fsp3) is 0.483. The standard InChI is InChI=1S/3C29H33FN2O4/c3*1-3-35-29(34)32-23-10-11-24-20(14-23)15-26-27(17(2)36-28(26)33)25(24)12-9-22-8-7-19(16-31-22)18-5-4-6-21(30)13-18/h3*4-9,12-13,16-17,20,23-27H,3,10-11,14-15H2,1-2H3,(H,32,34)/b3*12-9+/t17-,20-,23+,24+,25+,26+,27+;17-,20-,23+,24+,25+,26-,27-;17-,20-,23+,24+,25-,26+,27+/m111/s1. The Hall–Kier alpha value is -9.66. The number of alkyl carbamates (subject to hydrolysis) is 3. The fourth-order valence-electron chi connectivity index (χ4n) is 19.9. The number of nitrogens with zero attached hydrogens (tertiary/aromatic N) is 3. The van der Waals surface area contributed by atoms with Gasteiger partial charge in [-0.15, -0.1) is 0 Å². The zero-order valence-corrected chi connectivity index (χ0v) is 62.2. The highest BCUT2D eigenvalue weighted by Crippen LogP contribution is 2.57. The average molecular weight is 1480 g/mol. The zero-order chi connectivity index (χ0) is 75.7. The second-order valence-corrected chi connectivity index (χ2v) is 30.8. The Kier molecular flexibility index (Phi) is 24.6. The molecule has 18 nitrogen and oxygen atoms in total. The number of pyridine rings is 3. The van der Waals surface area contributed by atoms with E-state index in [0.29, 0.717) is 55.3 Å². The minimum absolute atomic E-state index is 0.0679. The molecule has 0 bridgehead atoms. The van der Waals surface area contributed by atoms with Crippen molar-refractivity contribution in [3.8, 4) is 33.4 Å². The van der Waals surface area contributed by atoms with Crippen molar-refractivity contribution in [3.63, 3.8) is 0 Å². The molecule has 0 radical (unpaired) electrons. The first-order valence-electron chi connectivity index (χ1n) is 38.9. The predicted octanol–water partition coefficient (Wildman–Crippen LogP) is 16.9. The second-order valence-electron chi connectivity index (χ2n) is 30.8. The molecule has 3 aromatic carbocycles. The van der Waals surface area contributed by atoms with Crippen molar-refractivity contribution in [2.24, 2.45) is 88.8 Å². The van der Waals surface area contributed by atoms with Gasteiger partial charge in [0.25, 0.3) is 0 Å². The van der Waals surface area contributed by atoms with Gasteiger partial charge in [-0.25, -0.2) is 27.6 Å². The van der Waals surface area contributed by atoms with E-state index < -0.39 is 0 Å². The Balaban J connectivity index is 0.000000143. The van der Waals surface area contributed by atoms with Crippen molar-refractivity contribution in [1.29, 1.82) is 0 Å². The number of cyclic esters (lactones) is 3. The summed E-state index contributed by atoms with van der Waals surface area (Å²) in [5, 5.41) is 9.00. The fourth-order valence-corrected chi connectivity index (χ4v) is 19.9. The summed E-state index contributed by atoms with van der Waals surface area (Å²) in [5.41, 5.74) is 7.43. The third kappa shape index (κ3) is 17.9. The van der Waals surface area contributed by atoms with Crippen LogP contribution in [0.5, 0.6) is 0 Å². The highest BCUT2D eigenvalue weighted by Gasteiger charge is 2.58. The molecule has 0 unspecified atom stereocenters. The number of nitrogens with one attached hydrogen (secondary N) is 3. The lowest BCUT2D eigenvalue weighted by molar-refractivity contribution is -0.145. The lowest BCUT2D eigenvalue weighted by atomic mass is 9.57. The molecule has 6 heterocycles. The van der Waals surface area contributed by atoms with E-state index in [9.17, 15) is 41.9 Å². The number of halogens is 3. The quantitative estimate of drug-likeness (QED) is 0.0641. The van der Waals surface area contributed by atoms with Crippen LogP contribution in [-0.4, -0.2) is 107 Å². The number of carbonyl (C=O) groups excluding carboxylic acids is 6. The topological polar surface area (TPSA) is 233 Å². The van der Waals surface area contributed by atoms with E-state index in [1.165, 1.54) is 36.4 Å². The maximum atomic E-state index is 13.6. The summed E-state index contributed by atoms with van der Waals surface area (Å²) in [4.78, 5) is 87.7. The summed E-state index contributed by atoms with van der Waals surface area (Å²) in [5.74, 6) is 1.89. The Labute approximate surface area is 630 Å². The van der Waals surface area contributed by atoms with Gasteiger partial charge in [0.2, 0.25) is 0 Å². The number of hydrogen-bond acceptors (Lipinski definition) is 15. The normalized spacial score (nSPS) is 31.4. The van der Waals surface area contributed by atoms with Gasteiger partial charge in [-0.05, 0) is 261 Å². The minimum Gasteiger partial charge on any atom is -0.462 e. The molecule has 3 amide bonds. The van der Waals surface area contributed by atoms with E-state index in [2.05, 4.69) is 49.1 Å². The predicted molar refractivity (Wildman–Crippen MR) is 402 cm³/mol. The molecule has 21 heteroatoms. The van der Waals surface area contributed by atoms with E-state index >= 15 is 0 Å². The van der Waals surface area contributed by atoms with Crippen molar-refractivity contribution >= 4 is 54.4 Å². The number of allylic oxidation sites excluding steroid dienone is 3. The van der Waals surface area contributed by atoms with Crippen LogP contribution in [0.4, 0.5) is 27.6 Å². The van der Waals surface area contributed by atoms with Crippen LogP contribution in [0, 0.1) is 106 Å². The smallest absolute Gasteiger partial charge is 0.407 e. The molecule has 0 spiro atoms. The third-order valence-electron chi connectivity index (χ3n) is 24.5. The van der Waals surface area contributed by atoms with Crippen molar-refractivity contribution in [3.05, 3.63) is 181 Å². The number of esters is 3. The lowest BCUT2D eigenvalue weighted by Crippen LogP contribution is -2.48. The number of amides is 3. The van der Waals surface area contributed by atoms with Crippen LogP contribution < -0.4 is 16.0 Å². The molecule has 108 heavy (non-hydrogen) atoms. The van der Waals surface area contributed by atoms with Gasteiger partial charge in [-0.3, -0.25) is 29.3 Å². The Morgan fingerprint density at radius 2 is 0.694 bits per heavy atom. The van der Waals surface area contributed by atoms with Gasteiger partial charge in [0, 0.05) is 71.2 Å². The lowest BCUT2D eigenvalue weighted by Gasteiger charge is -2.47. The molecule has 3 aliphatic heterocycles. The maximum Gasteiger partial charge on any atom is 0.407 e. The summed E-state index contributed by atoms with van der Waals surface area (Å²) in [7, 11) is 0. The zero-order valence-electron chi connectivity index (χ0n) is 62.2. The first kappa shape index (κ1) is 76.5. The number of rotatable bonds is 15. The molecular weight excluding hydrogens is 1380 g/mol. The average Bonchev–Trinajstić information content (AvgIpc) is 1.54. The molecule has 570 valence electrons. The SMILES string of the molecule is CCOC(=O)N[C@H]1CC[C@H]2[C@H](C1)C[C@@H]1C(=O)O[C@H](C)[C@H]1[C@@H]2/C=C/c1ccc(-c2cccc(F)c2)cn1.CCOC(=O)N[C@H]1CC[C@H]2[C@H](C1)C[C@@H]1C(=O)O[C@H](C)[C@H]1[C@H]2/C=C/c1ccc(-c2cccc(F)c2)cn1.CCOC(=O)N[C@H]1CC[C@H]2[C@H](C1)C[C@H]1C(=O)O[C@H](C)[C@@H]1[C@H]2/C=C/c1ccc(-c2cccc(F)c2)cn1. The number of ether oxygens (including phenoxy) is 6. The van der Waals surface area contributed by atoms with Gasteiger partial charge in [0.15, 0.2) is 0 Å². The van der Waals surface area contributed by atoms with E-state index in [0.717, 1.165) is 128 Å². The van der Waals surface area contributed by atoms with Gasteiger partial charge in [0.05, 0.1) is 54.7 Å². The maximum absolute atomic E-state index is 13.6. The van der Waals surface area contributed by atoms with Crippen LogP contribution in [0.1, 0.15) is 136 Å². The molecule has 6 aliphatic carbocycles. The van der Waals surface area contributed by atoms with Crippen LogP contribution in [0.15, 0.2) is 146 Å².